The van der Waals surface area contributed by atoms with Crippen molar-refractivity contribution < 1.29 is 27.8 Å². The van der Waals surface area contributed by atoms with Crippen LogP contribution in [0, 0.1) is 17.6 Å². The molecule has 0 radical (unpaired) electrons. The summed E-state index contributed by atoms with van der Waals surface area (Å²) in [4.78, 5) is 26.8. The fraction of sp³-hybridized carbons (Fsp3) is 0.391. The summed E-state index contributed by atoms with van der Waals surface area (Å²) in [5, 5.41) is 2.93. The van der Waals surface area contributed by atoms with Crippen molar-refractivity contribution in [2.24, 2.45) is 5.92 Å². The van der Waals surface area contributed by atoms with Gasteiger partial charge in [0.15, 0.2) is 23.1 Å². The number of rotatable bonds is 6. The first-order valence-electron chi connectivity index (χ1n) is 10.3. The number of amides is 2. The van der Waals surface area contributed by atoms with Gasteiger partial charge in [0.1, 0.15) is 13.2 Å². The summed E-state index contributed by atoms with van der Waals surface area (Å²) in [6.45, 7) is 3.09. The highest BCUT2D eigenvalue weighted by molar-refractivity contribution is 6.00. The van der Waals surface area contributed by atoms with E-state index in [1.807, 2.05) is 6.92 Å². The normalized spacial score (nSPS) is 18.7. The first kappa shape index (κ1) is 21.1. The van der Waals surface area contributed by atoms with Crippen LogP contribution in [0.4, 0.5) is 14.5 Å². The fourth-order valence-corrected chi connectivity index (χ4v) is 3.84. The molecule has 2 aromatic rings. The maximum atomic E-state index is 13.3. The monoisotopic (exact) mass is 430 g/mol. The molecular weight excluding hydrogens is 406 g/mol. The number of carbonyl (C=O) groups is 2. The van der Waals surface area contributed by atoms with Crippen LogP contribution in [0.25, 0.3) is 0 Å². The largest absolute Gasteiger partial charge is 0.486 e. The number of anilines is 1. The van der Waals surface area contributed by atoms with E-state index in [2.05, 4.69) is 5.32 Å². The molecule has 2 unspecified atom stereocenters. The Morgan fingerprint density at radius 3 is 2.68 bits per heavy atom. The van der Waals surface area contributed by atoms with Crippen LogP contribution in [-0.4, -0.2) is 37.6 Å². The third kappa shape index (κ3) is 4.78. The third-order valence-corrected chi connectivity index (χ3v) is 5.57. The molecule has 6 nitrogen and oxygen atoms in total. The lowest BCUT2D eigenvalue weighted by Crippen LogP contribution is -2.38. The van der Waals surface area contributed by atoms with Crippen molar-refractivity contribution in [2.45, 2.75) is 32.2 Å². The second-order valence-corrected chi connectivity index (χ2v) is 7.93. The van der Waals surface area contributed by atoms with E-state index in [0.717, 1.165) is 6.07 Å². The zero-order valence-electron chi connectivity index (χ0n) is 17.2. The van der Waals surface area contributed by atoms with E-state index in [9.17, 15) is 18.4 Å². The molecule has 2 heterocycles. The molecule has 0 spiro atoms. The molecule has 1 saturated heterocycles. The van der Waals surface area contributed by atoms with Crippen molar-refractivity contribution in [3.05, 3.63) is 53.6 Å². The third-order valence-electron chi connectivity index (χ3n) is 5.57. The van der Waals surface area contributed by atoms with E-state index in [1.165, 1.54) is 12.1 Å². The van der Waals surface area contributed by atoms with E-state index in [1.54, 1.807) is 23.1 Å². The lowest BCUT2D eigenvalue weighted by atomic mass is 10.0. The van der Waals surface area contributed by atoms with Crippen molar-refractivity contribution in [1.29, 1.82) is 0 Å². The summed E-state index contributed by atoms with van der Waals surface area (Å²) in [5.41, 5.74) is 1.34. The van der Waals surface area contributed by atoms with Crippen LogP contribution in [0.1, 0.15) is 25.3 Å². The van der Waals surface area contributed by atoms with Crippen LogP contribution >= 0.6 is 0 Å². The predicted octanol–water partition coefficient (Wildman–Crippen LogP) is 3.23. The van der Waals surface area contributed by atoms with E-state index in [0.29, 0.717) is 55.4 Å². The molecule has 0 aliphatic carbocycles. The number of nitrogens with one attached hydrogen (secondary N) is 1. The summed E-state index contributed by atoms with van der Waals surface area (Å²) < 4.78 is 37.4. The number of aryl methyl sites for hydroxylation is 1. The zero-order chi connectivity index (χ0) is 22.0. The Hall–Kier alpha value is -3.16. The number of fused-ring (bicyclic) bond motifs is 1. The number of carbonyl (C=O) groups excluding carboxylic acids is 2. The Balaban J connectivity index is 1.32. The molecule has 0 aromatic heterocycles. The number of benzene rings is 2. The van der Waals surface area contributed by atoms with Crippen LogP contribution in [0.5, 0.6) is 11.5 Å². The highest BCUT2D eigenvalue weighted by Gasteiger charge is 2.36. The van der Waals surface area contributed by atoms with Crippen LogP contribution < -0.4 is 19.7 Å². The number of nitrogens with zero attached hydrogens (tertiary/aromatic N) is 1. The average molecular weight is 430 g/mol. The van der Waals surface area contributed by atoms with Gasteiger partial charge in [0.25, 0.3) is 0 Å². The van der Waals surface area contributed by atoms with Crippen LogP contribution in [0.15, 0.2) is 36.4 Å². The molecule has 2 amide bonds. The Morgan fingerprint density at radius 1 is 1.13 bits per heavy atom. The minimum absolute atomic E-state index is 0.119. The Kier molecular flexibility index (Phi) is 6.06. The first-order chi connectivity index (χ1) is 14.9. The van der Waals surface area contributed by atoms with Crippen LogP contribution in [-0.2, 0) is 16.0 Å². The molecular formula is C23H24F2N2O4. The van der Waals surface area contributed by atoms with Gasteiger partial charge in [-0.15, -0.1) is 0 Å². The molecule has 1 N–H and O–H groups in total. The fourth-order valence-electron chi connectivity index (χ4n) is 3.84. The van der Waals surface area contributed by atoms with Gasteiger partial charge >= 0.3 is 0 Å². The van der Waals surface area contributed by atoms with Crippen molar-refractivity contribution >= 4 is 17.5 Å². The Bertz CT molecular complexity index is 998. The number of hydrogen-bond acceptors (Lipinski definition) is 4. The Labute approximate surface area is 179 Å². The number of halogens is 2. The van der Waals surface area contributed by atoms with E-state index < -0.39 is 17.6 Å². The molecule has 8 heteroatoms. The molecule has 2 aromatic carbocycles. The summed E-state index contributed by atoms with van der Waals surface area (Å²) in [7, 11) is 0. The summed E-state index contributed by atoms with van der Waals surface area (Å²) in [5.74, 6) is -1.28. The van der Waals surface area contributed by atoms with Crippen molar-refractivity contribution in [1.82, 2.24) is 5.32 Å². The molecule has 2 aliphatic heterocycles. The SMILES string of the molecule is CC(CCc1ccc(F)c(F)c1)NC(=O)C1CC(=O)N(c2ccc3c(c2)OCCO3)C1. The van der Waals surface area contributed by atoms with Gasteiger partial charge in [-0.25, -0.2) is 8.78 Å². The second kappa shape index (κ2) is 8.91. The topological polar surface area (TPSA) is 67.9 Å². The minimum Gasteiger partial charge on any atom is -0.486 e. The highest BCUT2D eigenvalue weighted by Crippen LogP contribution is 2.36. The average Bonchev–Trinajstić information content (AvgIpc) is 3.16. The van der Waals surface area contributed by atoms with Crippen molar-refractivity contribution in [3.63, 3.8) is 0 Å². The molecule has 2 atom stereocenters. The summed E-state index contributed by atoms with van der Waals surface area (Å²) >= 11 is 0. The lowest BCUT2D eigenvalue weighted by molar-refractivity contribution is -0.126. The zero-order valence-corrected chi connectivity index (χ0v) is 17.2. The van der Waals surface area contributed by atoms with E-state index >= 15 is 0 Å². The highest BCUT2D eigenvalue weighted by atomic mass is 19.2. The summed E-state index contributed by atoms with van der Waals surface area (Å²) in [6.07, 6.45) is 1.21. The van der Waals surface area contributed by atoms with Gasteiger partial charge in [-0.1, -0.05) is 6.07 Å². The quantitative estimate of drug-likeness (QED) is 0.764. The maximum absolute atomic E-state index is 13.3. The molecule has 4 rings (SSSR count). The molecule has 31 heavy (non-hydrogen) atoms. The van der Waals surface area contributed by atoms with Gasteiger partial charge in [-0.05, 0) is 49.6 Å². The van der Waals surface area contributed by atoms with Crippen LogP contribution in [0.2, 0.25) is 0 Å². The molecule has 1 fully saturated rings. The summed E-state index contributed by atoms with van der Waals surface area (Å²) in [6, 6.07) is 8.96. The second-order valence-electron chi connectivity index (χ2n) is 7.93. The van der Waals surface area contributed by atoms with Gasteiger partial charge in [0.05, 0.1) is 5.92 Å². The lowest BCUT2D eigenvalue weighted by Gasteiger charge is -2.22. The smallest absolute Gasteiger partial charge is 0.227 e. The molecule has 0 bridgehead atoms. The molecule has 0 saturated carbocycles. The minimum atomic E-state index is -0.877. The first-order valence-corrected chi connectivity index (χ1v) is 10.3. The molecule has 2 aliphatic rings. The maximum Gasteiger partial charge on any atom is 0.227 e. The van der Waals surface area contributed by atoms with Gasteiger partial charge in [-0.2, -0.15) is 0 Å². The molecule has 164 valence electrons. The Morgan fingerprint density at radius 2 is 1.90 bits per heavy atom. The number of ether oxygens (including phenoxy) is 2. The standard InChI is InChI=1S/C23H24F2N2O4/c1-14(2-3-15-4-6-18(24)19(25)10-15)26-23(29)16-11-22(28)27(13-16)17-5-7-20-21(12-17)31-9-8-30-20/h4-7,10,12,14,16H,2-3,8-9,11,13H2,1H3,(H,26,29). The van der Waals surface area contributed by atoms with E-state index in [-0.39, 0.29) is 24.3 Å². The van der Waals surface area contributed by atoms with E-state index in [4.69, 9.17) is 9.47 Å². The van der Waals surface area contributed by atoms with Gasteiger partial charge in [0.2, 0.25) is 11.8 Å². The van der Waals surface area contributed by atoms with Gasteiger partial charge < -0.3 is 19.7 Å². The van der Waals surface area contributed by atoms with Crippen molar-refractivity contribution in [2.75, 3.05) is 24.7 Å². The predicted molar refractivity (Wildman–Crippen MR) is 110 cm³/mol. The van der Waals surface area contributed by atoms with Crippen LogP contribution in [0.3, 0.4) is 0 Å². The van der Waals surface area contributed by atoms with Gasteiger partial charge in [0, 0.05) is 30.8 Å². The number of hydrogen-bond donors (Lipinski definition) is 1. The van der Waals surface area contributed by atoms with Gasteiger partial charge in [-0.3, -0.25) is 9.59 Å². The van der Waals surface area contributed by atoms with Crippen molar-refractivity contribution in [3.8, 4) is 11.5 Å².